The van der Waals surface area contributed by atoms with Crippen LogP contribution in [0.5, 0.6) is 5.75 Å². The van der Waals surface area contributed by atoms with Crippen LogP contribution in [0.15, 0.2) is 54.6 Å². The van der Waals surface area contributed by atoms with E-state index < -0.39 is 5.97 Å². The molecule has 30 heavy (non-hydrogen) atoms. The maximum Gasteiger partial charge on any atom is 0.308 e. The fraction of sp³-hybridized carbons (Fsp3) is 0.292. The predicted molar refractivity (Wildman–Crippen MR) is 115 cm³/mol. The van der Waals surface area contributed by atoms with E-state index in [1.165, 1.54) is 6.92 Å². The number of nitrogens with zero attached hydrogens (tertiary/aromatic N) is 2. The van der Waals surface area contributed by atoms with Gasteiger partial charge in [-0.15, -0.1) is 0 Å². The second-order valence-corrected chi connectivity index (χ2v) is 7.28. The summed E-state index contributed by atoms with van der Waals surface area (Å²) in [5.41, 5.74) is 2.60. The standard InChI is InChI=1S/C24H26N2O4/c1-18-7-3-4-8-20(18)11-12-23(28)25-13-6-14-26(16-15-25)24(29)21-9-5-10-22(17-21)30-19(2)27/h3-5,7-12,17H,6,13-16H2,1-2H3/b12-11+. The first-order valence-electron chi connectivity index (χ1n) is 10.0. The van der Waals surface area contributed by atoms with Crippen LogP contribution in [0.1, 0.15) is 34.8 Å². The van der Waals surface area contributed by atoms with Crippen LogP contribution in [0.25, 0.3) is 6.08 Å². The lowest BCUT2D eigenvalue weighted by Crippen LogP contribution is -2.36. The van der Waals surface area contributed by atoms with E-state index in [4.69, 9.17) is 4.74 Å². The topological polar surface area (TPSA) is 66.9 Å². The molecule has 2 aromatic carbocycles. The lowest BCUT2D eigenvalue weighted by Gasteiger charge is -2.21. The van der Waals surface area contributed by atoms with Crippen LogP contribution >= 0.6 is 0 Å². The van der Waals surface area contributed by atoms with Gasteiger partial charge in [-0.2, -0.15) is 0 Å². The molecule has 3 rings (SSSR count). The number of amides is 2. The molecule has 0 N–H and O–H groups in total. The largest absolute Gasteiger partial charge is 0.427 e. The van der Waals surface area contributed by atoms with E-state index in [1.807, 2.05) is 37.3 Å². The van der Waals surface area contributed by atoms with Crippen molar-refractivity contribution in [3.8, 4) is 5.75 Å². The molecule has 0 aromatic heterocycles. The fourth-order valence-electron chi connectivity index (χ4n) is 3.42. The lowest BCUT2D eigenvalue weighted by molar-refractivity contribution is -0.132. The second-order valence-electron chi connectivity index (χ2n) is 7.28. The van der Waals surface area contributed by atoms with Gasteiger partial charge in [0, 0.05) is 44.7 Å². The van der Waals surface area contributed by atoms with Gasteiger partial charge in [0.15, 0.2) is 0 Å². The van der Waals surface area contributed by atoms with Crippen molar-refractivity contribution in [1.29, 1.82) is 0 Å². The first kappa shape index (κ1) is 21.3. The van der Waals surface area contributed by atoms with Crippen molar-refractivity contribution in [2.24, 2.45) is 0 Å². The van der Waals surface area contributed by atoms with Crippen LogP contribution < -0.4 is 4.74 Å². The Hall–Kier alpha value is -3.41. The Morgan fingerprint density at radius 1 is 0.933 bits per heavy atom. The second kappa shape index (κ2) is 9.87. The number of hydrogen-bond acceptors (Lipinski definition) is 4. The summed E-state index contributed by atoms with van der Waals surface area (Å²) in [6, 6.07) is 14.5. The summed E-state index contributed by atoms with van der Waals surface area (Å²) < 4.78 is 5.07. The van der Waals surface area contributed by atoms with Crippen LogP contribution in [0.3, 0.4) is 0 Å². The molecule has 0 atom stereocenters. The van der Waals surface area contributed by atoms with Crippen LogP contribution in [-0.2, 0) is 9.59 Å². The van der Waals surface area contributed by atoms with Gasteiger partial charge in [-0.05, 0) is 48.7 Å². The third-order valence-corrected chi connectivity index (χ3v) is 5.03. The number of carbonyl (C=O) groups is 3. The molecule has 1 fully saturated rings. The maximum absolute atomic E-state index is 12.9. The quantitative estimate of drug-likeness (QED) is 0.444. The first-order chi connectivity index (χ1) is 14.4. The molecule has 0 bridgehead atoms. The van der Waals surface area contributed by atoms with E-state index in [0.717, 1.165) is 11.1 Å². The Kier molecular flexibility index (Phi) is 7.01. The maximum atomic E-state index is 12.9. The van der Waals surface area contributed by atoms with E-state index >= 15 is 0 Å². The van der Waals surface area contributed by atoms with Crippen molar-refractivity contribution < 1.29 is 19.1 Å². The molecule has 1 aliphatic rings. The first-order valence-corrected chi connectivity index (χ1v) is 10.0. The fourth-order valence-corrected chi connectivity index (χ4v) is 3.42. The Morgan fingerprint density at radius 3 is 2.43 bits per heavy atom. The molecule has 0 radical (unpaired) electrons. The van der Waals surface area contributed by atoms with Crippen molar-refractivity contribution in [2.75, 3.05) is 26.2 Å². The normalized spacial score (nSPS) is 14.5. The Balaban J connectivity index is 1.62. The van der Waals surface area contributed by atoms with Crippen molar-refractivity contribution in [2.45, 2.75) is 20.3 Å². The minimum absolute atomic E-state index is 0.0515. The lowest BCUT2D eigenvalue weighted by atomic mass is 10.1. The smallest absolute Gasteiger partial charge is 0.308 e. The summed E-state index contributed by atoms with van der Waals surface area (Å²) >= 11 is 0. The van der Waals surface area contributed by atoms with E-state index in [-0.39, 0.29) is 11.8 Å². The van der Waals surface area contributed by atoms with Gasteiger partial charge in [0.25, 0.3) is 5.91 Å². The summed E-state index contributed by atoms with van der Waals surface area (Å²) in [6.07, 6.45) is 4.15. The predicted octanol–water partition coefficient (Wildman–Crippen LogP) is 3.31. The molecule has 6 nitrogen and oxygen atoms in total. The third-order valence-electron chi connectivity index (χ3n) is 5.03. The number of benzene rings is 2. The van der Waals surface area contributed by atoms with Gasteiger partial charge < -0.3 is 14.5 Å². The van der Waals surface area contributed by atoms with E-state index in [9.17, 15) is 14.4 Å². The van der Waals surface area contributed by atoms with Crippen molar-refractivity contribution in [1.82, 2.24) is 9.80 Å². The highest BCUT2D eigenvalue weighted by molar-refractivity contribution is 5.95. The molecule has 0 unspecified atom stereocenters. The van der Waals surface area contributed by atoms with Gasteiger partial charge >= 0.3 is 5.97 Å². The summed E-state index contributed by atoms with van der Waals surface area (Å²) in [6.45, 7) is 5.45. The highest BCUT2D eigenvalue weighted by Crippen LogP contribution is 2.17. The summed E-state index contributed by atoms with van der Waals surface area (Å²) in [5, 5.41) is 0. The molecule has 1 saturated heterocycles. The average molecular weight is 406 g/mol. The summed E-state index contributed by atoms with van der Waals surface area (Å²) in [5.74, 6) is -0.262. The molecule has 1 aliphatic heterocycles. The van der Waals surface area contributed by atoms with Gasteiger partial charge in [0.1, 0.15) is 5.75 Å². The Morgan fingerprint density at radius 2 is 1.67 bits per heavy atom. The minimum atomic E-state index is -0.428. The van der Waals surface area contributed by atoms with Gasteiger partial charge in [-0.3, -0.25) is 14.4 Å². The monoisotopic (exact) mass is 406 g/mol. The Bertz CT molecular complexity index is 967. The minimum Gasteiger partial charge on any atom is -0.427 e. The zero-order chi connectivity index (χ0) is 21.5. The van der Waals surface area contributed by atoms with Crippen LogP contribution in [-0.4, -0.2) is 53.8 Å². The number of carbonyl (C=O) groups excluding carboxylic acids is 3. The SMILES string of the molecule is CC(=O)Oc1cccc(C(=O)N2CCCN(C(=O)/C=C/c3ccccc3C)CC2)c1. The van der Waals surface area contributed by atoms with Gasteiger partial charge in [-0.25, -0.2) is 0 Å². The zero-order valence-corrected chi connectivity index (χ0v) is 17.3. The number of ether oxygens (including phenoxy) is 1. The molecule has 0 spiro atoms. The summed E-state index contributed by atoms with van der Waals surface area (Å²) in [4.78, 5) is 40.2. The number of hydrogen-bond donors (Lipinski definition) is 0. The van der Waals surface area contributed by atoms with Crippen molar-refractivity contribution in [3.63, 3.8) is 0 Å². The molecule has 0 saturated carbocycles. The molecule has 6 heteroatoms. The molecular weight excluding hydrogens is 380 g/mol. The van der Waals surface area contributed by atoms with E-state index in [1.54, 1.807) is 40.1 Å². The zero-order valence-electron chi connectivity index (χ0n) is 17.3. The highest BCUT2D eigenvalue weighted by Gasteiger charge is 2.22. The third kappa shape index (κ3) is 5.56. The van der Waals surface area contributed by atoms with Crippen LogP contribution in [0, 0.1) is 6.92 Å². The number of esters is 1. The van der Waals surface area contributed by atoms with Crippen LogP contribution in [0.4, 0.5) is 0 Å². The van der Waals surface area contributed by atoms with Gasteiger partial charge in [0.05, 0.1) is 0 Å². The number of rotatable bonds is 4. The number of aryl methyl sites for hydroxylation is 1. The van der Waals surface area contributed by atoms with Gasteiger partial charge in [0.2, 0.25) is 5.91 Å². The molecule has 2 aromatic rings. The van der Waals surface area contributed by atoms with Gasteiger partial charge in [-0.1, -0.05) is 30.3 Å². The van der Waals surface area contributed by atoms with Crippen LogP contribution in [0.2, 0.25) is 0 Å². The molecular formula is C24H26N2O4. The molecule has 156 valence electrons. The van der Waals surface area contributed by atoms with Crippen molar-refractivity contribution >= 4 is 23.9 Å². The Labute approximate surface area is 176 Å². The van der Waals surface area contributed by atoms with E-state index in [0.29, 0.717) is 43.9 Å². The molecule has 0 aliphatic carbocycles. The summed E-state index contributed by atoms with van der Waals surface area (Å²) in [7, 11) is 0. The van der Waals surface area contributed by atoms with Crippen molar-refractivity contribution in [3.05, 3.63) is 71.3 Å². The molecule has 2 amide bonds. The highest BCUT2D eigenvalue weighted by atomic mass is 16.5. The molecule has 1 heterocycles. The van der Waals surface area contributed by atoms with E-state index in [2.05, 4.69) is 0 Å². The average Bonchev–Trinajstić information content (AvgIpc) is 2.98.